The van der Waals surface area contributed by atoms with Gasteiger partial charge in [-0.15, -0.1) is 0 Å². The van der Waals surface area contributed by atoms with Crippen molar-refractivity contribution in [3.8, 4) is 5.75 Å². The number of nitrogens with zero attached hydrogens (tertiary/aromatic N) is 1. The minimum absolute atomic E-state index is 0.0901. The summed E-state index contributed by atoms with van der Waals surface area (Å²) in [4.78, 5) is 26.9. The number of nitrogens with one attached hydrogen (secondary N) is 1. The summed E-state index contributed by atoms with van der Waals surface area (Å²) < 4.78 is 11.3. The fraction of sp³-hybridized carbons (Fsp3) is 0.481. The number of benzene rings is 2. The topological polar surface area (TPSA) is 88.1 Å². The minimum atomic E-state index is -1.05. The van der Waals surface area contributed by atoms with E-state index in [0.29, 0.717) is 25.4 Å². The minimum Gasteiger partial charge on any atom is -0.493 e. The molecule has 34 heavy (non-hydrogen) atoms. The molecule has 1 atom stereocenters. The summed E-state index contributed by atoms with van der Waals surface area (Å²) in [5.74, 6) is -0.926. The zero-order chi connectivity index (χ0) is 24.3. The number of rotatable bonds is 12. The molecule has 2 aromatic carbocycles. The number of ether oxygens (including phenoxy) is 2. The smallest absolute Gasteiger partial charge is 0.339 e. The maximum absolute atomic E-state index is 13.1. The van der Waals surface area contributed by atoms with E-state index in [0.717, 1.165) is 30.8 Å². The first-order chi connectivity index (χ1) is 16.5. The molecule has 1 fully saturated rings. The van der Waals surface area contributed by atoms with E-state index in [9.17, 15) is 14.7 Å². The van der Waals surface area contributed by atoms with Crippen molar-refractivity contribution in [2.24, 2.45) is 0 Å². The summed E-state index contributed by atoms with van der Waals surface area (Å²) in [7, 11) is 0. The Bertz CT molecular complexity index is 956. The zero-order valence-corrected chi connectivity index (χ0v) is 20.2. The molecule has 3 rings (SSSR count). The number of carbonyl (C=O) groups is 2. The molecule has 0 aromatic heterocycles. The molecule has 0 bridgehead atoms. The molecule has 1 aliphatic heterocycles. The SMILES string of the molecule is CCCOCC(NC(=O)Cc1ccc(C(=O)O)c(OCC)c1)c1ccccc1N1CCCCC1. The third kappa shape index (κ3) is 6.97. The summed E-state index contributed by atoms with van der Waals surface area (Å²) in [6.45, 7) is 7.27. The van der Waals surface area contributed by atoms with E-state index in [1.807, 2.05) is 12.1 Å². The molecule has 0 saturated carbocycles. The van der Waals surface area contributed by atoms with E-state index in [1.54, 1.807) is 19.1 Å². The number of carboxylic acid groups (broad SMARTS) is 1. The summed E-state index contributed by atoms with van der Waals surface area (Å²) in [6.07, 6.45) is 4.63. The van der Waals surface area contributed by atoms with E-state index in [4.69, 9.17) is 9.47 Å². The molecule has 0 radical (unpaired) electrons. The van der Waals surface area contributed by atoms with Gasteiger partial charge in [-0.2, -0.15) is 0 Å². The van der Waals surface area contributed by atoms with Gasteiger partial charge in [-0.05, 0) is 56.4 Å². The van der Waals surface area contributed by atoms with Crippen LogP contribution in [0.3, 0.4) is 0 Å². The van der Waals surface area contributed by atoms with Crippen LogP contribution >= 0.6 is 0 Å². The van der Waals surface area contributed by atoms with E-state index in [-0.39, 0.29) is 29.7 Å². The van der Waals surface area contributed by atoms with Crippen LogP contribution < -0.4 is 15.0 Å². The Labute approximate surface area is 202 Å². The van der Waals surface area contributed by atoms with Gasteiger partial charge in [0.05, 0.1) is 25.7 Å². The molecule has 0 aliphatic carbocycles. The van der Waals surface area contributed by atoms with Crippen LogP contribution in [0.4, 0.5) is 5.69 Å². The lowest BCUT2D eigenvalue weighted by Gasteiger charge is -2.32. The second-order valence-corrected chi connectivity index (χ2v) is 8.55. The first-order valence-corrected chi connectivity index (χ1v) is 12.2. The highest BCUT2D eigenvalue weighted by molar-refractivity contribution is 5.91. The number of para-hydroxylation sites is 1. The zero-order valence-electron chi connectivity index (χ0n) is 20.2. The summed E-state index contributed by atoms with van der Waals surface area (Å²) in [5, 5.41) is 12.5. The maximum atomic E-state index is 13.1. The molecule has 1 unspecified atom stereocenters. The predicted octanol–water partition coefficient (Wildman–Crippen LogP) is 4.60. The van der Waals surface area contributed by atoms with Crippen molar-refractivity contribution in [3.63, 3.8) is 0 Å². The lowest BCUT2D eigenvalue weighted by Crippen LogP contribution is -2.36. The Balaban J connectivity index is 1.78. The average molecular weight is 469 g/mol. The van der Waals surface area contributed by atoms with Crippen molar-refractivity contribution in [1.29, 1.82) is 0 Å². The summed E-state index contributed by atoms with van der Waals surface area (Å²) in [6, 6.07) is 12.7. The molecule has 1 heterocycles. The third-order valence-corrected chi connectivity index (χ3v) is 5.92. The number of carbonyl (C=O) groups excluding carboxylic acids is 1. The van der Waals surface area contributed by atoms with Crippen LogP contribution in [0.1, 0.15) is 67.1 Å². The Morgan fingerprint density at radius 2 is 1.85 bits per heavy atom. The predicted molar refractivity (Wildman–Crippen MR) is 133 cm³/mol. The van der Waals surface area contributed by atoms with Gasteiger partial charge in [-0.1, -0.05) is 31.2 Å². The van der Waals surface area contributed by atoms with E-state index in [1.165, 1.54) is 25.3 Å². The van der Waals surface area contributed by atoms with Crippen LogP contribution in [0.25, 0.3) is 0 Å². The third-order valence-electron chi connectivity index (χ3n) is 5.92. The first-order valence-electron chi connectivity index (χ1n) is 12.2. The molecule has 7 heteroatoms. The largest absolute Gasteiger partial charge is 0.493 e. The van der Waals surface area contributed by atoms with Crippen molar-refractivity contribution < 1.29 is 24.2 Å². The van der Waals surface area contributed by atoms with Gasteiger partial charge in [0.2, 0.25) is 5.91 Å². The van der Waals surface area contributed by atoms with Crippen molar-refractivity contribution in [2.45, 2.75) is 52.0 Å². The molecule has 2 aromatic rings. The fourth-order valence-electron chi connectivity index (χ4n) is 4.32. The number of amides is 1. The van der Waals surface area contributed by atoms with Crippen LogP contribution in [-0.4, -0.2) is 49.9 Å². The monoisotopic (exact) mass is 468 g/mol. The normalized spacial score (nSPS) is 14.5. The van der Waals surface area contributed by atoms with Gasteiger partial charge in [0.15, 0.2) is 0 Å². The maximum Gasteiger partial charge on any atom is 0.339 e. The molecule has 2 N–H and O–H groups in total. The van der Waals surface area contributed by atoms with Crippen molar-refractivity contribution in [3.05, 3.63) is 59.2 Å². The summed E-state index contributed by atoms with van der Waals surface area (Å²) in [5.41, 5.74) is 3.00. The fourth-order valence-corrected chi connectivity index (χ4v) is 4.32. The lowest BCUT2D eigenvalue weighted by molar-refractivity contribution is -0.121. The van der Waals surface area contributed by atoms with Crippen LogP contribution in [0.5, 0.6) is 5.75 Å². The Kier molecular flexibility index (Phi) is 9.76. The molecular weight excluding hydrogens is 432 g/mol. The molecular formula is C27H36N2O5. The second kappa shape index (κ2) is 13.0. The molecule has 0 spiro atoms. The number of aromatic carboxylic acids is 1. The van der Waals surface area contributed by atoms with Crippen molar-refractivity contribution >= 4 is 17.6 Å². The number of piperidine rings is 1. The number of hydrogen-bond donors (Lipinski definition) is 2. The van der Waals surface area contributed by atoms with Gasteiger partial charge in [-0.25, -0.2) is 4.79 Å². The van der Waals surface area contributed by atoms with Crippen molar-refractivity contribution in [2.75, 3.05) is 37.8 Å². The highest BCUT2D eigenvalue weighted by Gasteiger charge is 2.22. The standard InChI is InChI=1S/C27H36N2O5/c1-3-16-33-19-23(21-10-6-7-11-24(21)29-14-8-5-9-15-29)28-26(30)18-20-12-13-22(27(31)32)25(17-20)34-4-2/h6-7,10-13,17,23H,3-5,8-9,14-16,18-19H2,1-2H3,(H,28,30)(H,31,32). The van der Waals surface area contributed by atoms with E-state index in [2.05, 4.69) is 29.3 Å². The van der Waals surface area contributed by atoms with E-state index >= 15 is 0 Å². The van der Waals surface area contributed by atoms with Gasteiger partial charge in [0.25, 0.3) is 0 Å². The van der Waals surface area contributed by atoms with Gasteiger partial charge in [0, 0.05) is 30.9 Å². The Morgan fingerprint density at radius 3 is 2.56 bits per heavy atom. The number of carboxylic acids is 1. The van der Waals surface area contributed by atoms with Gasteiger partial charge in [-0.3, -0.25) is 4.79 Å². The molecule has 1 aliphatic rings. The van der Waals surface area contributed by atoms with Gasteiger partial charge in [0.1, 0.15) is 11.3 Å². The van der Waals surface area contributed by atoms with Crippen LogP contribution in [0.15, 0.2) is 42.5 Å². The Hall–Kier alpha value is -3.06. The van der Waals surface area contributed by atoms with Gasteiger partial charge >= 0.3 is 5.97 Å². The number of hydrogen-bond acceptors (Lipinski definition) is 5. The second-order valence-electron chi connectivity index (χ2n) is 8.55. The molecule has 184 valence electrons. The Morgan fingerprint density at radius 1 is 1.09 bits per heavy atom. The first kappa shape index (κ1) is 25.6. The highest BCUT2D eigenvalue weighted by Crippen LogP contribution is 2.29. The quantitative estimate of drug-likeness (QED) is 0.443. The number of anilines is 1. The molecule has 1 saturated heterocycles. The average Bonchev–Trinajstić information content (AvgIpc) is 2.84. The van der Waals surface area contributed by atoms with Gasteiger partial charge < -0.3 is 24.8 Å². The van der Waals surface area contributed by atoms with Crippen LogP contribution in [0.2, 0.25) is 0 Å². The highest BCUT2D eigenvalue weighted by atomic mass is 16.5. The summed E-state index contributed by atoms with van der Waals surface area (Å²) >= 11 is 0. The van der Waals surface area contributed by atoms with Crippen molar-refractivity contribution in [1.82, 2.24) is 5.32 Å². The molecule has 1 amide bonds. The van der Waals surface area contributed by atoms with E-state index < -0.39 is 5.97 Å². The van der Waals surface area contributed by atoms with Crippen LogP contribution in [0, 0.1) is 0 Å². The lowest BCUT2D eigenvalue weighted by atomic mass is 10.0. The van der Waals surface area contributed by atoms with Crippen LogP contribution in [-0.2, 0) is 16.0 Å². The molecule has 7 nitrogen and oxygen atoms in total.